The van der Waals surface area contributed by atoms with Crippen molar-refractivity contribution in [3.8, 4) is 5.75 Å². The molecule has 0 spiro atoms. The van der Waals surface area contributed by atoms with E-state index in [0.717, 1.165) is 6.29 Å². The van der Waals surface area contributed by atoms with E-state index >= 15 is 0 Å². The Morgan fingerprint density at radius 1 is 1.35 bits per heavy atom. The molecule has 17 heavy (non-hydrogen) atoms. The van der Waals surface area contributed by atoms with Crippen molar-refractivity contribution in [1.29, 1.82) is 0 Å². The molecule has 1 aromatic heterocycles. The fraction of sp³-hybridized carbons (Fsp3) is 0.0833. The lowest BCUT2D eigenvalue weighted by atomic mass is 10.2. The lowest BCUT2D eigenvalue weighted by Crippen LogP contribution is -3.61. The lowest BCUT2D eigenvalue weighted by molar-refractivity contribution is -0.591. The van der Waals surface area contributed by atoms with Gasteiger partial charge in [0, 0.05) is 12.1 Å². The van der Waals surface area contributed by atoms with E-state index in [2.05, 4.69) is 17.5 Å². The van der Waals surface area contributed by atoms with E-state index in [1.807, 2.05) is 18.2 Å². The minimum absolute atomic E-state index is 0. The highest BCUT2D eigenvalue weighted by molar-refractivity contribution is 7.07. The summed E-state index contributed by atoms with van der Waals surface area (Å²) in [6.07, 6.45) is 0.848. The predicted molar refractivity (Wildman–Crippen MR) is 60.1 cm³/mol. The van der Waals surface area contributed by atoms with E-state index in [9.17, 15) is 4.79 Å². The highest BCUT2D eigenvalue weighted by atomic mass is 127. The predicted octanol–water partition coefficient (Wildman–Crippen LogP) is -3.30. The van der Waals surface area contributed by atoms with Crippen LogP contribution in [0.3, 0.4) is 0 Å². The first kappa shape index (κ1) is 14.5. The van der Waals surface area contributed by atoms with Crippen LogP contribution in [0, 0.1) is 6.45 Å². The van der Waals surface area contributed by atoms with Crippen LogP contribution in [0.5, 0.6) is 5.75 Å². The standard InChI is InChI=1S/C12H10IO2S.ClH/c1-15-11-5-4-10(7-9(11)8-14)13-12-3-2-6-16-12;/h2-8H,1H3;1H/q+1;/p-1. The summed E-state index contributed by atoms with van der Waals surface area (Å²) in [4.78, 5) is 10.9. The Kier molecular flexibility index (Phi) is 5.94. The fourth-order valence-corrected chi connectivity index (χ4v) is 5.04. The maximum Gasteiger partial charge on any atom is 0.369 e. The van der Waals surface area contributed by atoms with Crippen molar-refractivity contribution in [2.24, 2.45) is 0 Å². The summed E-state index contributed by atoms with van der Waals surface area (Å²) in [7, 11) is 1.58. The van der Waals surface area contributed by atoms with E-state index in [0.29, 0.717) is 11.3 Å². The molecule has 1 heterocycles. The van der Waals surface area contributed by atoms with Gasteiger partial charge >= 0.3 is 21.2 Å². The molecule has 90 valence electrons. The molecule has 0 aliphatic heterocycles. The second-order valence-corrected chi connectivity index (χ2v) is 7.64. The quantitative estimate of drug-likeness (QED) is 0.410. The van der Waals surface area contributed by atoms with E-state index in [1.54, 1.807) is 18.4 Å². The molecule has 0 amide bonds. The molecule has 1 aromatic carbocycles. The molecule has 2 nitrogen and oxygen atoms in total. The van der Waals surface area contributed by atoms with Gasteiger partial charge in [-0.05, 0) is 23.6 Å². The van der Waals surface area contributed by atoms with Crippen LogP contribution in [-0.4, -0.2) is 13.4 Å². The molecule has 2 rings (SSSR count). The van der Waals surface area contributed by atoms with Gasteiger partial charge in [-0.1, -0.05) is 11.3 Å². The largest absolute Gasteiger partial charge is 1.00 e. The normalized spacial score (nSPS) is 9.47. The van der Waals surface area contributed by atoms with Crippen molar-refractivity contribution < 1.29 is 43.1 Å². The molecule has 0 bridgehead atoms. The molecule has 0 radical (unpaired) electrons. The first-order valence-corrected chi connectivity index (χ1v) is 7.69. The van der Waals surface area contributed by atoms with Crippen LogP contribution in [0.4, 0.5) is 0 Å². The van der Waals surface area contributed by atoms with Crippen molar-refractivity contribution in [2.45, 2.75) is 0 Å². The minimum Gasteiger partial charge on any atom is -1.00 e. The van der Waals surface area contributed by atoms with Crippen molar-refractivity contribution >= 4 is 17.6 Å². The zero-order chi connectivity index (χ0) is 11.4. The van der Waals surface area contributed by atoms with Crippen molar-refractivity contribution in [2.75, 3.05) is 7.11 Å². The summed E-state index contributed by atoms with van der Waals surface area (Å²) < 4.78 is 7.75. The number of aldehydes is 1. The van der Waals surface area contributed by atoms with Gasteiger partial charge in [0.05, 0.1) is 12.7 Å². The summed E-state index contributed by atoms with van der Waals surface area (Å²) in [5, 5.41) is 2.08. The van der Waals surface area contributed by atoms with Crippen LogP contribution in [0.1, 0.15) is 10.4 Å². The molecule has 0 unspecified atom stereocenters. The van der Waals surface area contributed by atoms with Crippen LogP contribution in [0.2, 0.25) is 0 Å². The number of carbonyl (C=O) groups is 1. The van der Waals surface area contributed by atoms with Gasteiger partial charge in [-0.2, -0.15) is 0 Å². The molecule has 5 heteroatoms. The minimum atomic E-state index is -0.171. The van der Waals surface area contributed by atoms with Gasteiger partial charge in [-0.15, -0.1) is 0 Å². The Labute approximate surface area is 121 Å². The maximum atomic E-state index is 10.9. The summed E-state index contributed by atoms with van der Waals surface area (Å²) >= 11 is 1.60. The number of methoxy groups -OCH3 is 1. The lowest BCUT2D eigenvalue weighted by Gasteiger charge is -2.00. The third-order valence-corrected chi connectivity index (χ3v) is 6.13. The highest BCUT2D eigenvalue weighted by Gasteiger charge is 2.18. The van der Waals surface area contributed by atoms with Crippen LogP contribution >= 0.6 is 11.3 Å². The monoisotopic (exact) mass is 380 g/mol. The third kappa shape index (κ3) is 3.69. The first-order chi connectivity index (χ1) is 7.83. The second-order valence-electron chi connectivity index (χ2n) is 3.02. The third-order valence-electron chi connectivity index (χ3n) is 2.01. The molecule has 2 aromatic rings. The molecule has 0 saturated carbocycles. The maximum absolute atomic E-state index is 10.9. The first-order valence-electron chi connectivity index (χ1n) is 4.65. The number of benzene rings is 1. The molecular weight excluding hydrogens is 371 g/mol. The average molecular weight is 381 g/mol. The van der Waals surface area contributed by atoms with E-state index in [-0.39, 0.29) is 33.6 Å². The molecule has 0 N–H and O–H groups in total. The van der Waals surface area contributed by atoms with Crippen LogP contribution in [-0.2, 0) is 0 Å². The van der Waals surface area contributed by atoms with Gasteiger partial charge in [-0.3, -0.25) is 4.79 Å². The van der Waals surface area contributed by atoms with Crippen LogP contribution < -0.4 is 38.3 Å². The Morgan fingerprint density at radius 2 is 2.18 bits per heavy atom. The van der Waals surface area contributed by atoms with Crippen molar-refractivity contribution in [1.82, 2.24) is 0 Å². The second kappa shape index (κ2) is 6.98. The van der Waals surface area contributed by atoms with Crippen molar-refractivity contribution in [3.05, 3.63) is 47.7 Å². The summed E-state index contributed by atoms with van der Waals surface area (Å²) in [5.74, 6) is 0.647. The van der Waals surface area contributed by atoms with Gasteiger partial charge in [0.1, 0.15) is 5.75 Å². The summed E-state index contributed by atoms with van der Waals surface area (Å²) in [6.45, 7) is 0. The molecule has 0 aliphatic rings. The number of hydrogen-bond donors (Lipinski definition) is 0. The van der Waals surface area contributed by atoms with Crippen molar-refractivity contribution in [3.63, 3.8) is 0 Å². The van der Waals surface area contributed by atoms with Crippen LogP contribution in [0.15, 0.2) is 35.7 Å². The Hall–Kier alpha value is -0.590. The Morgan fingerprint density at radius 3 is 2.76 bits per heavy atom. The Balaban J connectivity index is 0.00000144. The Bertz CT molecular complexity index is 485. The SMILES string of the molecule is COc1ccc([I+]c2cccs2)cc1C=O.[Cl-]. The van der Waals surface area contributed by atoms with Crippen LogP contribution in [0.25, 0.3) is 0 Å². The zero-order valence-electron chi connectivity index (χ0n) is 9.02. The number of carbonyl (C=O) groups excluding carboxylic acids is 1. The van der Waals surface area contributed by atoms with Gasteiger partial charge in [-0.25, -0.2) is 0 Å². The topological polar surface area (TPSA) is 26.3 Å². The van der Waals surface area contributed by atoms with E-state index < -0.39 is 0 Å². The molecule has 0 saturated heterocycles. The molecule has 0 aliphatic carbocycles. The zero-order valence-corrected chi connectivity index (χ0v) is 12.8. The van der Waals surface area contributed by atoms with Gasteiger partial charge in [0.2, 0.25) is 2.88 Å². The highest BCUT2D eigenvalue weighted by Crippen LogP contribution is 2.14. The van der Waals surface area contributed by atoms with Gasteiger partial charge in [0.25, 0.3) is 0 Å². The molecule has 0 fully saturated rings. The summed E-state index contributed by atoms with van der Waals surface area (Å²) in [6, 6.07) is 10.0. The van der Waals surface area contributed by atoms with E-state index in [1.165, 1.54) is 6.45 Å². The number of ether oxygens (including phenoxy) is 1. The average Bonchev–Trinajstić information content (AvgIpc) is 2.81. The fourth-order valence-electron chi connectivity index (χ4n) is 1.28. The molecule has 0 atom stereocenters. The van der Waals surface area contributed by atoms with Gasteiger partial charge in [0.15, 0.2) is 9.86 Å². The van der Waals surface area contributed by atoms with E-state index in [4.69, 9.17) is 4.74 Å². The van der Waals surface area contributed by atoms with Gasteiger partial charge < -0.3 is 17.1 Å². The molecular formula is C12H10ClIO2S. The smallest absolute Gasteiger partial charge is 0.369 e. The number of thiophene rings is 1. The number of rotatable bonds is 4. The number of hydrogen-bond acceptors (Lipinski definition) is 3. The number of halogens is 2. The summed E-state index contributed by atoms with van der Waals surface area (Å²) in [5.41, 5.74) is 0.635.